The first-order valence-corrected chi connectivity index (χ1v) is 8.71. The zero-order valence-electron chi connectivity index (χ0n) is 12.3. The summed E-state index contributed by atoms with van der Waals surface area (Å²) >= 11 is 0. The Bertz CT molecular complexity index is 629. The first-order valence-electron chi connectivity index (χ1n) is 7.23. The van der Waals surface area contributed by atoms with Crippen molar-refractivity contribution in [3.63, 3.8) is 0 Å². The zero-order valence-corrected chi connectivity index (χ0v) is 13.1. The molecule has 0 amide bonds. The molecule has 0 unspecified atom stereocenters. The van der Waals surface area contributed by atoms with E-state index in [2.05, 4.69) is 16.5 Å². The average Bonchev–Trinajstić information content (AvgIpc) is 2.46. The van der Waals surface area contributed by atoms with Crippen LogP contribution in [0.15, 0.2) is 17.0 Å². The molecule has 0 bridgehead atoms. The van der Waals surface area contributed by atoms with E-state index in [0.717, 1.165) is 32.1 Å². The summed E-state index contributed by atoms with van der Waals surface area (Å²) in [6.07, 6.45) is 2.23. The number of hydrogen-bond acceptors (Lipinski definition) is 3. The van der Waals surface area contributed by atoms with Gasteiger partial charge in [-0.15, -0.1) is 0 Å². The van der Waals surface area contributed by atoms with E-state index >= 15 is 0 Å². The van der Waals surface area contributed by atoms with Crippen molar-refractivity contribution >= 4 is 10.0 Å². The molecule has 4 nitrogen and oxygen atoms in total. The minimum atomic E-state index is -4.21. The molecule has 0 saturated carbocycles. The van der Waals surface area contributed by atoms with Crippen LogP contribution in [0.2, 0.25) is 0 Å². The third-order valence-electron chi connectivity index (χ3n) is 3.74. The van der Waals surface area contributed by atoms with Crippen LogP contribution in [0.25, 0.3) is 0 Å². The van der Waals surface area contributed by atoms with Crippen LogP contribution in [0.1, 0.15) is 26.2 Å². The molecule has 1 fully saturated rings. The smallest absolute Gasteiger partial charge is 0.243 e. The van der Waals surface area contributed by atoms with Gasteiger partial charge < -0.3 is 4.90 Å². The normalized spacial score (nSPS) is 17.8. The lowest BCUT2D eigenvalue weighted by Gasteiger charge is -2.31. The molecule has 1 heterocycles. The molecule has 1 aliphatic heterocycles. The van der Waals surface area contributed by atoms with Crippen LogP contribution < -0.4 is 4.72 Å². The monoisotopic (exact) mass is 336 g/mol. The van der Waals surface area contributed by atoms with Crippen LogP contribution >= 0.6 is 0 Å². The van der Waals surface area contributed by atoms with Gasteiger partial charge in [-0.05, 0) is 51.0 Å². The van der Waals surface area contributed by atoms with E-state index in [4.69, 9.17) is 0 Å². The second-order valence-electron chi connectivity index (χ2n) is 5.41. The molecule has 1 aromatic rings. The molecule has 0 radical (unpaired) electrons. The summed E-state index contributed by atoms with van der Waals surface area (Å²) in [6, 6.07) is 1.02. The first-order chi connectivity index (χ1) is 10.3. The van der Waals surface area contributed by atoms with Gasteiger partial charge in [-0.1, -0.05) is 6.92 Å². The minimum Gasteiger partial charge on any atom is -0.303 e. The van der Waals surface area contributed by atoms with E-state index in [0.29, 0.717) is 18.9 Å². The fraction of sp³-hybridized carbons (Fsp3) is 0.571. The van der Waals surface area contributed by atoms with Gasteiger partial charge in [0.1, 0.15) is 4.90 Å². The highest BCUT2D eigenvalue weighted by Gasteiger charge is 2.28. The van der Waals surface area contributed by atoms with Crippen LogP contribution in [0.4, 0.5) is 13.2 Å². The molecule has 22 heavy (non-hydrogen) atoms. The third-order valence-corrected chi connectivity index (χ3v) is 5.28. The van der Waals surface area contributed by atoms with Crippen LogP contribution in [-0.2, 0) is 10.0 Å². The largest absolute Gasteiger partial charge is 0.303 e. The maximum absolute atomic E-state index is 13.6. The number of rotatable bonds is 5. The highest BCUT2D eigenvalue weighted by atomic mass is 32.2. The predicted octanol–water partition coefficient (Wildman–Crippen LogP) is 2.26. The molecule has 1 saturated heterocycles. The topological polar surface area (TPSA) is 49.4 Å². The van der Waals surface area contributed by atoms with Gasteiger partial charge in [0.25, 0.3) is 0 Å². The van der Waals surface area contributed by atoms with E-state index in [9.17, 15) is 21.6 Å². The first kappa shape index (κ1) is 17.2. The number of likely N-dealkylation sites (tertiary alicyclic amines) is 1. The van der Waals surface area contributed by atoms with Crippen molar-refractivity contribution in [3.05, 3.63) is 29.6 Å². The summed E-state index contributed by atoms with van der Waals surface area (Å²) < 4.78 is 66.4. The Labute approximate surface area is 128 Å². The van der Waals surface area contributed by atoms with Gasteiger partial charge in [-0.3, -0.25) is 0 Å². The van der Waals surface area contributed by atoms with E-state index in [1.165, 1.54) is 0 Å². The molecule has 0 atom stereocenters. The summed E-state index contributed by atoms with van der Waals surface area (Å²) in [5, 5.41) is 0. The Kier molecular flexibility index (Phi) is 5.46. The Morgan fingerprint density at radius 1 is 1.18 bits per heavy atom. The lowest BCUT2D eigenvalue weighted by atomic mass is 10.1. The predicted molar refractivity (Wildman–Crippen MR) is 76.4 cm³/mol. The van der Waals surface area contributed by atoms with Gasteiger partial charge in [0.2, 0.25) is 10.0 Å². The number of halogens is 3. The van der Waals surface area contributed by atoms with Gasteiger partial charge in [0.05, 0.1) is 0 Å². The molecule has 0 aliphatic carbocycles. The molecule has 1 aromatic carbocycles. The fourth-order valence-electron chi connectivity index (χ4n) is 2.59. The number of nitrogens with zero attached hydrogens (tertiary/aromatic N) is 1. The number of piperidine rings is 1. The summed E-state index contributed by atoms with van der Waals surface area (Å²) in [5.41, 5.74) is 0. The van der Waals surface area contributed by atoms with Gasteiger partial charge >= 0.3 is 0 Å². The molecule has 1 N–H and O–H groups in total. The van der Waals surface area contributed by atoms with Crippen molar-refractivity contribution in [1.82, 2.24) is 9.62 Å². The Hall–Kier alpha value is -1.12. The van der Waals surface area contributed by atoms with E-state index in [-0.39, 0.29) is 6.04 Å². The number of hydrogen-bond donors (Lipinski definition) is 1. The van der Waals surface area contributed by atoms with Crippen LogP contribution in [-0.4, -0.2) is 39.0 Å². The van der Waals surface area contributed by atoms with Crippen LogP contribution in [0, 0.1) is 17.5 Å². The quantitative estimate of drug-likeness (QED) is 0.839. The molecule has 1 aliphatic rings. The second-order valence-corrected chi connectivity index (χ2v) is 7.09. The molecule has 0 aromatic heterocycles. The van der Waals surface area contributed by atoms with E-state index in [1.807, 2.05) is 0 Å². The zero-order chi connectivity index (χ0) is 16.3. The number of nitrogens with one attached hydrogen (secondary N) is 1. The maximum atomic E-state index is 13.6. The van der Waals surface area contributed by atoms with Crippen molar-refractivity contribution in [1.29, 1.82) is 0 Å². The molecule has 8 heteroatoms. The molecule has 2 rings (SSSR count). The lowest BCUT2D eigenvalue weighted by molar-refractivity contribution is 0.207. The van der Waals surface area contributed by atoms with Crippen LogP contribution in [0.5, 0.6) is 0 Å². The SMILES string of the molecule is CCCN1CCC(NS(=O)(=O)c2ccc(F)c(F)c2F)CC1. The van der Waals surface area contributed by atoms with E-state index < -0.39 is 32.4 Å². The van der Waals surface area contributed by atoms with E-state index in [1.54, 1.807) is 0 Å². The third kappa shape index (κ3) is 3.80. The summed E-state index contributed by atoms with van der Waals surface area (Å²) in [5.74, 6) is -4.87. The Morgan fingerprint density at radius 3 is 2.41 bits per heavy atom. The maximum Gasteiger partial charge on any atom is 0.243 e. The van der Waals surface area contributed by atoms with Crippen molar-refractivity contribution in [2.75, 3.05) is 19.6 Å². The van der Waals surface area contributed by atoms with Crippen molar-refractivity contribution < 1.29 is 21.6 Å². The molecule has 0 spiro atoms. The molecular formula is C14H19F3N2O2S. The van der Waals surface area contributed by atoms with Gasteiger partial charge in [-0.25, -0.2) is 26.3 Å². The van der Waals surface area contributed by atoms with Gasteiger partial charge in [0.15, 0.2) is 17.5 Å². The minimum absolute atomic E-state index is 0.328. The summed E-state index contributed by atoms with van der Waals surface area (Å²) in [6.45, 7) is 4.53. The number of sulfonamides is 1. The van der Waals surface area contributed by atoms with Crippen molar-refractivity contribution in [3.8, 4) is 0 Å². The molecular weight excluding hydrogens is 317 g/mol. The van der Waals surface area contributed by atoms with Crippen molar-refractivity contribution in [2.45, 2.75) is 37.1 Å². The van der Waals surface area contributed by atoms with Crippen LogP contribution in [0.3, 0.4) is 0 Å². The highest BCUT2D eigenvalue weighted by Crippen LogP contribution is 2.21. The summed E-state index contributed by atoms with van der Waals surface area (Å²) in [4.78, 5) is 1.37. The highest BCUT2D eigenvalue weighted by molar-refractivity contribution is 7.89. The average molecular weight is 336 g/mol. The Balaban J connectivity index is 2.08. The molecule has 124 valence electrons. The van der Waals surface area contributed by atoms with Gasteiger partial charge in [0, 0.05) is 6.04 Å². The standard InChI is InChI=1S/C14H19F3N2O2S/c1-2-7-19-8-5-10(6-9-19)18-22(20,21)12-4-3-11(15)13(16)14(12)17/h3-4,10,18H,2,5-9H2,1H3. The lowest BCUT2D eigenvalue weighted by Crippen LogP contribution is -2.44. The van der Waals surface area contributed by atoms with Gasteiger partial charge in [-0.2, -0.15) is 0 Å². The second kappa shape index (κ2) is 6.97. The Morgan fingerprint density at radius 2 is 1.82 bits per heavy atom. The van der Waals surface area contributed by atoms with Crippen molar-refractivity contribution in [2.24, 2.45) is 0 Å². The summed E-state index contributed by atoms with van der Waals surface area (Å²) in [7, 11) is -4.21. The fourth-order valence-corrected chi connectivity index (χ4v) is 3.96. The number of benzene rings is 1.